The van der Waals surface area contributed by atoms with E-state index in [0.717, 1.165) is 32.2 Å². The summed E-state index contributed by atoms with van der Waals surface area (Å²) in [6.07, 6.45) is 6.61. The normalized spacial score (nSPS) is 32.8. The van der Waals surface area contributed by atoms with Crippen molar-refractivity contribution in [3.8, 4) is 0 Å². The summed E-state index contributed by atoms with van der Waals surface area (Å²) < 4.78 is 0. The molecule has 1 aromatic carbocycles. The molecule has 0 radical (unpaired) electrons. The summed E-state index contributed by atoms with van der Waals surface area (Å²) in [6.45, 7) is 3.00. The van der Waals surface area contributed by atoms with E-state index in [2.05, 4.69) is 41.0 Å². The number of carbonyl (C=O) groups is 1. The van der Waals surface area contributed by atoms with Gasteiger partial charge in [0, 0.05) is 6.04 Å². The molecule has 0 spiro atoms. The smallest absolute Gasteiger partial charge is 0.240 e. The maximum Gasteiger partial charge on any atom is 0.240 e. The van der Waals surface area contributed by atoms with Crippen LogP contribution in [0, 0.1) is 0 Å². The van der Waals surface area contributed by atoms with Crippen LogP contribution < -0.4 is 10.6 Å². The van der Waals surface area contributed by atoms with Gasteiger partial charge in [-0.3, -0.25) is 4.79 Å². The Morgan fingerprint density at radius 1 is 1.19 bits per heavy atom. The summed E-state index contributed by atoms with van der Waals surface area (Å²) in [5.74, 6) is 0.864. The predicted molar refractivity (Wildman–Crippen MR) is 85.2 cm³/mol. The zero-order valence-corrected chi connectivity index (χ0v) is 12.9. The zero-order chi connectivity index (χ0) is 14.7. The Morgan fingerprint density at radius 2 is 1.90 bits per heavy atom. The highest BCUT2D eigenvalue weighted by molar-refractivity contribution is 5.86. The van der Waals surface area contributed by atoms with Crippen LogP contribution in [0.5, 0.6) is 0 Å². The van der Waals surface area contributed by atoms with Gasteiger partial charge in [0.25, 0.3) is 0 Å². The first-order valence-electron chi connectivity index (χ1n) is 8.28. The Labute approximate surface area is 127 Å². The molecule has 2 N–H and O–H groups in total. The molecule has 1 saturated heterocycles. The van der Waals surface area contributed by atoms with Crippen molar-refractivity contribution in [3.05, 3.63) is 35.9 Å². The number of amides is 1. The average Bonchev–Trinajstić information content (AvgIpc) is 2.97. The molecule has 1 unspecified atom stereocenters. The monoisotopic (exact) mass is 286 g/mol. The first kappa shape index (κ1) is 14.6. The van der Waals surface area contributed by atoms with E-state index >= 15 is 0 Å². The molecule has 21 heavy (non-hydrogen) atoms. The van der Waals surface area contributed by atoms with Crippen molar-refractivity contribution >= 4 is 5.91 Å². The number of benzene rings is 1. The Morgan fingerprint density at radius 3 is 2.52 bits per heavy atom. The molecular weight excluding hydrogens is 260 g/mol. The molecule has 114 valence electrons. The molecule has 1 saturated carbocycles. The Bertz CT molecular complexity index is 471. The third-order valence-electron chi connectivity index (χ3n) is 5.20. The molecule has 2 aliphatic rings. The predicted octanol–water partition coefficient (Wildman–Crippen LogP) is 2.97. The second kappa shape index (κ2) is 6.18. The van der Waals surface area contributed by atoms with Gasteiger partial charge < -0.3 is 10.6 Å². The molecule has 0 bridgehead atoms. The molecule has 3 nitrogen and oxygen atoms in total. The SMILES string of the molecule is CC1(C(=O)NC2CCC(c3ccccc3)CC2)CCCN1. The van der Waals surface area contributed by atoms with Crippen molar-refractivity contribution in [2.45, 2.75) is 62.9 Å². The third kappa shape index (κ3) is 3.29. The van der Waals surface area contributed by atoms with Gasteiger partial charge >= 0.3 is 0 Å². The van der Waals surface area contributed by atoms with E-state index in [9.17, 15) is 4.79 Å². The van der Waals surface area contributed by atoms with Gasteiger partial charge in [-0.25, -0.2) is 0 Å². The second-order valence-electron chi connectivity index (χ2n) is 6.80. The van der Waals surface area contributed by atoms with E-state index in [1.807, 2.05) is 6.92 Å². The fourth-order valence-electron chi connectivity index (χ4n) is 3.73. The van der Waals surface area contributed by atoms with Crippen LogP contribution in [-0.4, -0.2) is 24.0 Å². The molecule has 1 amide bonds. The molecule has 1 aromatic rings. The summed E-state index contributed by atoms with van der Waals surface area (Å²) in [6, 6.07) is 11.1. The molecule has 2 fully saturated rings. The number of carbonyl (C=O) groups excluding carboxylic acids is 1. The van der Waals surface area contributed by atoms with Crippen LogP contribution in [0.4, 0.5) is 0 Å². The zero-order valence-electron chi connectivity index (χ0n) is 12.9. The van der Waals surface area contributed by atoms with Crippen molar-refractivity contribution in [2.75, 3.05) is 6.54 Å². The topological polar surface area (TPSA) is 41.1 Å². The van der Waals surface area contributed by atoms with Crippen LogP contribution in [0.1, 0.15) is 56.9 Å². The minimum absolute atomic E-state index is 0.197. The fourth-order valence-corrected chi connectivity index (χ4v) is 3.73. The highest BCUT2D eigenvalue weighted by Crippen LogP contribution is 2.33. The van der Waals surface area contributed by atoms with Crippen molar-refractivity contribution in [1.82, 2.24) is 10.6 Å². The largest absolute Gasteiger partial charge is 0.352 e. The van der Waals surface area contributed by atoms with E-state index < -0.39 is 0 Å². The summed E-state index contributed by atoms with van der Waals surface area (Å²) in [5, 5.41) is 6.62. The standard InChI is InChI=1S/C18H26N2O/c1-18(12-5-13-19-18)17(21)20-16-10-8-15(9-11-16)14-6-3-2-4-7-14/h2-4,6-7,15-16,19H,5,8-13H2,1H3,(H,20,21). The van der Waals surface area contributed by atoms with E-state index in [1.54, 1.807) is 0 Å². The lowest BCUT2D eigenvalue weighted by atomic mass is 9.81. The molecule has 0 aromatic heterocycles. The summed E-state index contributed by atoms with van der Waals surface area (Å²) in [5.41, 5.74) is 1.11. The lowest BCUT2D eigenvalue weighted by Crippen LogP contribution is -2.54. The van der Waals surface area contributed by atoms with E-state index in [4.69, 9.17) is 0 Å². The highest BCUT2D eigenvalue weighted by Gasteiger charge is 2.37. The van der Waals surface area contributed by atoms with Crippen molar-refractivity contribution in [2.24, 2.45) is 0 Å². The van der Waals surface area contributed by atoms with E-state index in [0.29, 0.717) is 12.0 Å². The maximum atomic E-state index is 12.4. The summed E-state index contributed by atoms with van der Waals surface area (Å²) in [7, 11) is 0. The summed E-state index contributed by atoms with van der Waals surface area (Å²) in [4.78, 5) is 12.4. The Kier molecular flexibility index (Phi) is 4.29. The van der Waals surface area contributed by atoms with Gasteiger partial charge in [0.1, 0.15) is 0 Å². The third-order valence-corrected chi connectivity index (χ3v) is 5.20. The van der Waals surface area contributed by atoms with Gasteiger partial charge in [0.2, 0.25) is 5.91 Å². The second-order valence-corrected chi connectivity index (χ2v) is 6.80. The Balaban J connectivity index is 1.51. The minimum Gasteiger partial charge on any atom is -0.352 e. The molecular formula is C18H26N2O. The number of hydrogen-bond donors (Lipinski definition) is 2. The first-order chi connectivity index (χ1) is 10.2. The van der Waals surface area contributed by atoms with Crippen LogP contribution in [0.2, 0.25) is 0 Å². The van der Waals surface area contributed by atoms with Gasteiger partial charge in [-0.1, -0.05) is 30.3 Å². The van der Waals surface area contributed by atoms with Gasteiger partial charge in [-0.05, 0) is 63.5 Å². The lowest BCUT2D eigenvalue weighted by Gasteiger charge is -2.32. The van der Waals surface area contributed by atoms with Crippen molar-refractivity contribution in [1.29, 1.82) is 0 Å². The van der Waals surface area contributed by atoms with Crippen LogP contribution >= 0.6 is 0 Å². The summed E-state index contributed by atoms with van der Waals surface area (Å²) >= 11 is 0. The van der Waals surface area contributed by atoms with Crippen LogP contribution in [0.3, 0.4) is 0 Å². The van der Waals surface area contributed by atoms with Crippen molar-refractivity contribution < 1.29 is 4.79 Å². The molecule has 1 heterocycles. The molecule has 3 rings (SSSR count). The number of hydrogen-bond acceptors (Lipinski definition) is 2. The fraction of sp³-hybridized carbons (Fsp3) is 0.611. The van der Waals surface area contributed by atoms with Crippen LogP contribution in [-0.2, 0) is 4.79 Å². The maximum absolute atomic E-state index is 12.4. The highest BCUT2D eigenvalue weighted by atomic mass is 16.2. The van der Waals surface area contributed by atoms with E-state index in [-0.39, 0.29) is 11.4 Å². The van der Waals surface area contributed by atoms with E-state index in [1.165, 1.54) is 18.4 Å². The number of rotatable bonds is 3. The molecule has 1 aliphatic heterocycles. The Hall–Kier alpha value is -1.35. The molecule has 1 aliphatic carbocycles. The minimum atomic E-state index is -0.337. The quantitative estimate of drug-likeness (QED) is 0.897. The van der Waals surface area contributed by atoms with Gasteiger partial charge in [-0.2, -0.15) is 0 Å². The first-order valence-corrected chi connectivity index (χ1v) is 8.28. The van der Waals surface area contributed by atoms with Gasteiger partial charge in [-0.15, -0.1) is 0 Å². The molecule has 3 heteroatoms. The number of nitrogens with one attached hydrogen (secondary N) is 2. The van der Waals surface area contributed by atoms with Crippen LogP contribution in [0.25, 0.3) is 0 Å². The van der Waals surface area contributed by atoms with Gasteiger partial charge in [0.15, 0.2) is 0 Å². The lowest BCUT2D eigenvalue weighted by molar-refractivity contribution is -0.127. The van der Waals surface area contributed by atoms with Gasteiger partial charge in [0.05, 0.1) is 5.54 Å². The molecule has 1 atom stereocenters. The van der Waals surface area contributed by atoms with Crippen molar-refractivity contribution in [3.63, 3.8) is 0 Å². The average molecular weight is 286 g/mol. The van der Waals surface area contributed by atoms with Crippen LogP contribution in [0.15, 0.2) is 30.3 Å².